The van der Waals surface area contributed by atoms with Crippen molar-refractivity contribution in [2.75, 3.05) is 44.1 Å². The molecule has 7 heteroatoms. The fraction of sp³-hybridized carbons (Fsp3) is 0.588. The Morgan fingerprint density at radius 3 is 2.50 bits per heavy atom. The van der Waals surface area contributed by atoms with Gasteiger partial charge in [-0.25, -0.2) is 0 Å². The van der Waals surface area contributed by atoms with E-state index >= 15 is 0 Å². The Morgan fingerprint density at radius 2 is 1.92 bits per heavy atom. The number of piperidine rings is 1. The van der Waals surface area contributed by atoms with Crippen LogP contribution in [0.25, 0.3) is 0 Å². The summed E-state index contributed by atoms with van der Waals surface area (Å²) in [5.74, 6) is 1.76. The second-order valence-electron chi connectivity index (χ2n) is 5.81. The number of methoxy groups -OCH3 is 2. The van der Waals surface area contributed by atoms with Gasteiger partial charge in [0.15, 0.2) is 6.29 Å². The van der Waals surface area contributed by atoms with Gasteiger partial charge in [-0.1, -0.05) is 0 Å². The molecular formula is C17H24BN3NaO2. The number of fused-ring (bicyclic) bond motifs is 1. The summed E-state index contributed by atoms with van der Waals surface area (Å²) in [6, 6.07) is 6.80. The third-order valence-corrected chi connectivity index (χ3v) is 4.55. The van der Waals surface area contributed by atoms with Crippen LogP contribution in [0.5, 0.6) is 0 Å². The van der Waals surface area contributed by atoms with Crippen LogP contribution in [0, 0.1) is 17.1 Å². The summed E-state index contributed by atoms with van der Waals surface area (Å²) in [5.41, 5.74) is 4.12. The Labute approximate surface area is 168 Å². The molecule has 0 aromatic heterocycles. The van der Waals surface area contributed by atoms with E-state index in [2.05, 4.69) is 36.3 Å². The van der Waals surface area contributed by atoms with Crippen LogP contribution in [0.4, 0.5) is 11.4 Å². The van der Waals surface area contributed by atoms with E-state index in [9.17, 15) is 0 Å². The molecule has 0 bridgehead atoms. The van der Waals surface area contributed by atoms with Gasteiger partial charge in [-0.15, -0.1) is 0 Å². The number of nitriles is 1. The molecule has 5 nitrogen and oxygen atoms in total. The van der Waals surface area contributed by atoms with E-state index in [1.807, 2.05) is 0 Å². The summed E-state index contributed by atoms with van der Waals surface area (Å²) in [6.45, 7) is 3.24. The zero-order valence-corrected chi connectivity index (χ0v) is 16.9. The Bertz CT molecular complexity index is 541. The monoisotopic (exact) mass is 336 g/mol. The first-order valence-corrected chi connectivity index (χ1v) is 8.00. The fourth-order valence-electron chi connectivity index (χ4n) is 3.40. The van der Waals surface area contributed by atoms with Crippen LogP contribution in [0.2, 0.25) is 0 Å². The third-order valence-electron chi connectivity index (χ3n) is 4.55. The van der Waals surface area contributed by atoms with Gasteiger partial charge in [0.2, 0.25) is 0 Å². The maximum atomic E-state index is 7.10. The van der Waals surface area contributed by atoms with Gasteiger partial charge in [-0.05, 0) is 43.0 Å². The van der Waals surface area contributed by atoms with E-state index in [4.69, 9.17) is 14.7 Å². The molecule has 24 heavy (non-hydrogen) atoms. The van der Waals surface area contributed by atoms with E-state index < -0.39 is 0 Å². The van der Waals surface area contributed by atoms with Crippen LogP contribution in [0.3, 0.4) is 0 Å². The molecular weight excluding hydrogens is 312 g/mol. The first-order valence-electron chi connectivity index (χ1n) is 8.00. The van der Waals surface area contributed by atoms with Gasteiger partial charge in [0.1, 0.15) is 0 Å². The first-order chi connectivity index (χ1) is 11.2. The SMILES string of the molecule is COC(OC)C1CCN(c2ccc3c(c2)CCN3)CC1.[B-]C#N.[Na+]. The number of ether oxygens (including phenoxy) is 2. The summed E-state index contributed by atoms with van der Waals surface area (Å²) in [4.78, 5) is 2.48. The fourth-order valence-corrected chi connectivity index (χ4v) is 3.40. The molecule has 0 atom stereocenters. The van der Waals surface area contributed by atoms with Crippen LogP contribution in [-0.2, 0) is 15.9 Å². The van der Waals surface area contributed by atoms with Gasteiger partial charge in [-0.2, -0.15) is 0 Å². The summed E-state index contributed by atoms with van der Waals surface area (Å²) in [5, 5.41) is 10.5. The zero-order chi connectivity index (χ0) is 16.7. The Kier molecular flexibility index (Phi) is 9.79. The molecule has 0 saturated carbocycles. The minimum Gasteiger partial charge on any atom is -0.466 e. The Balaban J connectivity index is 0.000000671. The van der Waals surface area contributed by atoms with Gasteiger partial charge >= 0.3 is 29.6 Å². The molecule has 2 heterocycles. The largest absolute Gasteiger partial charge is 1.00 e. The number of anilines is 2. The maximum absolute atomic E-state index is 7.10. The van der Waals surface area contributed by atoms with Gasteiger partial charge in [0, 0.05) is 51.1 Å². The predicted molar refractivity (Wildman–Crippen MR) is 92.7 cm³/mol. The minimum atomic E-state index is -0.0543. The smallest absolute Gasteiger partial charge is 0.466 e. The molecule has 1 aromatic rings. The van der Waals surface area contributed by atoms with Crippen molar-refractivity contribution in [1.82, 2.24) is 0 Å². The zero-order valence-electron chi connectivity index (χ0n) is 14.9. The molecule has 123 valence electrons. The minimum absolute atomic E-state index is 0. The molecule has 0 amide bonds. The molecule has 1 N–H and O–H groups in total. The van der Waals surface area contributed by atoms with Crippen LogP contribution in [-0.4, -0.2) is 48.0 Å². The Hall–Kier alpha value is -0.705. The third kappa shape index (κ3) is 5.40. The summed E-state index contributed by atoms with van der Waals surface area (Å²) >= 11 is 0. The predicted octanol–water partition coefficient (Wildman–Crippen LogP) is -0.870. The average molecular weight is 336 g/mol. The molecule has 1 saturated heterocycles. The molecule has 1 aromatic carbocycles. The number of rotatable bonds is 4. The quantitative estimate of drug-likeness (QED) is 0.572. The summed E-state index contributed by atoms with van der Waals surface area (Å²) in [6.07, 6.45) is 3.35. The first kappa shape index (κ1) is 21.3. The van der Waals surface area contributed by atoms with Crippen molar-refractivity contribution in [3.63, 3.8) is 0 Å². The average Bonchev–Trinajstić information content (AvgIpc) is 3.05. The van der Waals surface area contributed by atoms with Crippen molar-refractivity contribution in [3.05, 3.63) is 23.8 Å². The van der Waals surface area contributed by atoms with Gasteiger partial charge in [0.05, 0.1) is 0 Å². The molecule has 0 unspecified atom stereocenters. The van der Waals surface area contributed by atoms with Crippen molar-refractivity contribution < 1.29 is 39.0 Å². The molecule has 2 aliphatic rings. The van der Waals surface area contributed by atoms with Crippen molar-refractivity contribution in [3.8, 4) is 5.97 Å². The maximum Gasteiger partial charge on any atom is 1.00 e. The van der Waals surface area contributed by atoms with Crippen LogP contribution >= 0.6 is 0 Å². The number of hydrogen-bond acceptors (Lipinski definition) is 5. The molecule has 1 fully saturated rings. The number of hydrogen-bond donors (Lipinski definition) is 1. The van der Waals surface area contributed by atoms with Crippen molar-refractivity contribution in [2.24, 2.45) is 5.92 Å². The number of nitrogens with zero attached hydrogens (tertiary/aromatic N) is 2. The van der Waals surface area contributed by atoms with Crippen molar-refractivity contribution >= 4 is 19.2 Å². The summed E-state index contributed by atoms with van der Waals surface area (Å²) < 4.78 is 10.8. The Morgan fingerprint density at radius 1 is 1.29 bits per heavy atom. The van der Waals surface area contributed by atoms with Crippen LogP contribution in [0.15, 0.2) is 18.2 Å². The standard InChI is InChI=1S/C16H24N2O2.CBN.Na/c1-19-16(20-2)12-6-9-18(10-7-12)14-3-4-15-13(11-14)5-8-17-15;2-1-3;/h3-4,11-12,16-17H,5-10H2,1-2H3;;/q;-1;+1. The number of benzene rings is 1. The van der Waals surface area contributed by atoms with Gasteiger partial charge in [0.25, 0.3) is 0 Å². The van der Waals surface area contributed by atoms with Crippen LogP contribution < -0.4 is 39.8 Å². The van der Waals surface area contributed by atoms with Crippen molar-refractivity contribution in [2.45, 2.75) is 25.6 Å². The van der Waals surface area contributed by atoms with E-state index in [0.29, 0.717) is 5.92 Å². The van der Waals surface area contributed by atoms with Crippen LogP contribution in [0.1, 0.15) is 18.4 Å². The number of nitrogens with one attached hydrogen (secondary N) is 1. The van der Waals surface area contributed by atoms with Gasteiger partial charge in [-0.3, -0.25) is 11.2 Å². The molecule has 0 spiro atoms. The van der Waals surface area contributed by atoms with Crippen molar-refractivity contribution in [1.29, 1.82) is 5.26 Å². The normalized spacial score (nSPS) is 16.4. The molecule has 0 aliphatic carbocycles. The van der Waals surface area contributed by atoms with E-state index in [0.717, 1.165) is 38.9 Å². The van der Waals surface area contributed by atoms with Gasteiger partial charge < -0.3 is 27.5 Å². The van der Waals surface area contributed by atoms with E-state index in [1.54, 1.807) is 14.2 Å². The molecule has 3 radical (unpaired) electrons. The second-order valence-corrected chi connectivity index (χ2v) is 5.81. The molecule has 2 aliphatic heterocycles. The topological polar surface area (TPSA) is 57.5 Å². The second kappa shape index (κ2) is 11.0. The summed E-state index contributed by atoms with van der Waals surface area (Å²) in [7, 11) is 7.61. The van der Waals surface area contributed by atoms with E-state index in [1.165, 1.54) is 22.9 Å². The molecule has 3 rings (SSSR count). The van der Waals surface area contributed by atoms with E-state index in [-0.39, 0.29) is 35.8 Å².